The normalized spacial score (nSPS) is 22.7. The van der Waals surface area contributed by atoms with Gasteiger partial charge in [-0.3, -0.25) is 0 Å². The fraction of sp³-hybridized carbons (Fsp3) is 0.625. The fourth-order valence-electron chi connectivity index (χ4n) is 3.40. The SMILES string of the molecule is Cc1ccc(C2(N)CCCC2)c(N2CCOCC2)c1. The van der Waals surface area contributed by atoms with E-state index >= 15 is 0 Å². The molecule has 104 valence electrons. The lowest BCUT2D eigenvalue weighted by atomic mass is 9.87. The Balaban J connectivity index is 1.98. The maximum atomic E-state index is 6.68. The van der Waals surface area contributed by atoms with E-state index < -0.39 is 0 Å². The molecule has 3 nitrogen and oxygen atoms in total. The van der Waals surface area contributed by atoms with Gasteiger partial charge in [-0.1, -0.05) is 25.0 Å². The molecule has 2 fully saturated rings. The third-order valence-corrected chi connectivity index (χ3v) is 4.54. The lowest BCUT2D eigenvalue weighted by molar-refractivity contribution is 0.122. The zero-order valence-electron chi connectivity index (χ0n) is 11.8. The van der Waals surface area contributed by atoms with E-state index in [2.05, 4.69) is 30.0 Å². The quantitative estimate of drug-likeness (QED) is 0.888. The van der Waals surface area contributed by atoms with Gasteiger partial charge in [0.05, 0.1) is 13.2 Å². The standard InChI is InChI=1S/C16H24N2O/c1-13-4-5-14(16(17)6-2-3-7-16)15(12-13)18-8-10-19-11-9-18/h4-5,12H,2-3,6-11,17H2,1H3. The molecule has 1 aromatic carbocycles. The van der Waals surface area contributed by atoms with Gasteiger partial charge in [-0.2, -0.15) is 0 Å². The molecule has 1 heterocycles. The second-order valence-electron chi connectivity index (χ2n) is 5.98. The van der Waals surface area contributed by atoms with Crippen molar-refractivity contribution in [3.8, 4) is 0 Å². The van der Waals surface area contributed by atoms with E-state index in [1.165, 1.54) is 29.7 Å². The van der Waals surface area contributed by atoms with Crippen molar-refractivity contribution in [2.24, 2.45) is 5.73 Å². The number of nitrogens with zero attached hydrogens (tertiary/aromatic N) is 1. The third kappa shape index (κ3) is 2.49. The molecule has 0 unspecified atom stereocenters. The molecule has 1 aromatic rings. The van der Waals surface area contributed by atoms with Gasteiger partial charge < -0.3 is 15.4 Å². The Morgan fingerprint density at radius 1 is 1.16 bits per heavy atom. The number of hydrogen-bond acceptors (Lipinski definition) is 3. The Kier molecular flexibility index (Phi) is 3.50. The highest BCUT2D eigenvalue weighted by Gasteiger charge is 2.34. The van der Waals surface area contributed by atoms with E-state index in [1.807, 2.05) is 0 Å². The van der Waals surface area contributed by atoms with Gasteiger partial charge in [0.15, 0.2) is 0 Å². The number of hydrogen-bond donors (Lipinski definition) is 1. The van der Waals surface area contributed by atoms with Crippen LogP contribution in [-0.2, 0) is 10.3 Å². The summed E-state index contributed by atoms with van der Waals surface area (Å²) in [5, 5.41) is 0. The molecule has 0 bridgehead atoms. The summed E-state index contributed by atoms with van der Waals surface area (Å²) in [6.07, 6.45) is 4.75. The molecular weight excluding hydrogens is 236 g/mol. The minimum Gasteiger partial charge on any atom is -0.378 e. The van der Waals surface area contributed by atoms with Gasteiger partial charge in [-0.05, 0) is 37.0 Å². The van der Waals surface area contributed by atoms with Crippen LogP contribution in [0.15, 0.2) is 18.2 Å². The highest BCUT2D eigenvalue weighted by Crippen LogP contribution is 2.41. The summed E-state index contributed by atoms with van der Waals surface area (Å²) >= 11 is 0. The molecule has 0 amide bonds. The summed E-state index contributed by atoms with van der Waals surface area (Å²) in [4.78, 5) is 2.44. The zero-order valence-corrected chi connectivity index (χ0v) is 11.8. The Morgan fingerprint density at radius 2 is 1.84 bits per heavy atom. The van der Waals surface area contributed by atoms with Crippen LogP contribution in [0, 0.1) is 6.92 Å². The summed E-state index contributed by atoms with van der Waals surface area (Å²) < 4.78 is 5.47. The van der Waals surface area contributed by atoms with Crippen LogP contribution in [0.4, 0.5) is 5.69 Å². The van der Waals surface area contributed by atoms with Crippen molar-refractivity contribution in [2.45, 2.75) is 38.1 Å². The average Bonchev–Trinajstić information content (AvgIpc) is 2.87. The minimum absolute atomic E-state index is 0.110. The molecule has 3 rings (SSSR count). The smallest absolute Gasteiger partial charge is 0.0642 e. The van der Waals surface area contributed by atoms with Crippen molar-refractivity contribution in [3.05, 3.63) is 29.3 Å². The number of ether oxygens (including phenoxy) is 1. The highest BCUT2D eigenvalue weighted by atomic mass is 16.5. The summed E-state index contributed by atoms with van der Waals surface area (Å²) in [7, 11) is 0. The first-order chi connectivity index (χ1) is 9.19. The molecule has 0 atom stereocenters. The van der Waals surface area contributed by atoms with E-state index in [1.54, 1.807) is 0 Å². The molecule has 2 aliphatic rings. The third-order valence-electron chi connectivity index (χ3n) is 4.54. The monoisotopic (exact) mass is 260 g/mol. The van der Waals surface area contributed by atoms with Gasteiger partial charge in [0.2, 0.25) is 0 Å². The molecule has 3 heteroatoms. The summed E-state index contributed by atoms with van der Waals surface area (Å²) in [6, 6.07) is 6.76. The molecule has 1 aliphatic carbocycles. The van der Waals surface area contributed by atoms with E-state index in [-0.39, 0.29) is 5.54 Å². The van der Waals surface area contributed by atoms with Crippen LogP contribution in [0.1, 0.15) is 36.8 Å². The first kappa shape index (κ1) is 12.9. The summed E-state index contributed by atoms with van der Waals surface area (Å²) in [5.41, 5.74) is 10.6. The van der Waals surface area contributed by atoms with Crippen LogP contribution < -0.4 is 10.6 Å². The Bertz CT molecular complexity index is 446. The molecule has 19 heavy (non-hydrogen) atoms. The molecule has 1 saturated carbocycles. The maximum absolute atomic E-state index is 6.68. The van der Waals surface area contributed by atoms with Crippen LogP contribution in [-0.4, -0.2) is 26.3 Å². The predicted octanol–water partition coefficient (Wildman–Crippen LogP) is 2.56. The van der Waals surface area contributed by atoms with E-state index in [9.17, 15) is 0 Å². The van der Waals surface area contributed by atoms with Gasteiger partial charge in [0, 0.05) is 24.3 Å². The van der Waals surface area contributed by atoms with Crippen molar-refractivity contribution in [1.29, 1.82) is 0 Å². The van der Waals surface area contributed by atoms with Crippen LogP contribution in [0.3, 0.4) is 0 Å². The first-order valence-electron chi connectivity index (χ1n) is 7.42. The zero-order chi connectivity index (χ0) is 13.3. The van der Waals surface area contributed by atoms with Crippen molar-refractivity contribution < 1.29 is 4.74 Å². The number of aryl methyl sites for hydroxylation is 1. The van der Waals surface area contributed by atoms with Gasteiger partial charge in [-0.25, -0.2) is 0 Å². The van der Waals surface area contributed by atoms with Gasteiger partial charge in [0.1, 0.15) is 0 Å². The second-order valence-corrected chi connectivity index (χ2v) is 5.98. The summed E-state index contributed by atoms with van der Waals surface area (Å²) in [6.45, 7) is 5.76. The Hall–Kier alpha value is -1.06. The predicted molar refractivity (Wildman–Crippen MR) is 78.5 cm³/mol. The van der Waals surface area contributed by atoms with E-state index in [4.69, 9.17) is 10.5 Å². The number of rotatable bonds is 2. The second kappa shape index (κ2) is 5.14. The van der Waals surface area contributed by atoms with Crippen molar-refractivity contribution in [3.63, 3.8) is 0 Å². The van der Waals surface area contributed by atoms with Crippen LogP contribution in [0.2, 0.25) is 0 Å². The largest absolute Gasteiger partial charge is 0.378 e. The summed E-state index contributed by atoms with van der Waals surface area (Å²) in [5.74, 6) is 0. The van der Waals surface area contributed by atoms with Gasteiger partial charge in [0.25, 0.3) is 0 Å². The number of morpholine rings is 1. The van der Waals surface area contributed by atoms with Crippen LogP contribution in [0.5, 0.6) is 0 Å². The number of nitrogens with two attached hydrogens (primary N) is 1. The number of anilines is 1. The van der Waals surface area contributed by atoms with Gasteiger partial charge in [-0.15, -0.1) is 0 Å². The van der Waals surface area contributed by atoms with Gasteiger partial charge >= 0.3 is 0 Å². The molecule has 0 spiro atoms. The lowest BCUT2D eigenvalue weighted by Gasteiger charge is -2.35. The lowest BCUT2D eigenvalue weighted by Crippen LogP contribution is -2.40. The molecule has 0 radical (unpaired) electrons. The molecule has 1 aliphatic heterocycles. The topological polar surface area (TPSA) is 38.5 Å². The van der Waals surface area contributed by atoms with Crippen LogP contribution in [0.25, 0.3) is 0 Å². The molecule has 1 saturated heterocycles. The van der Waals surface area contributed by atoms with Crippen molar-refractivity contribution in [1.82, 2.24) is 0 Å². The highest BCUT2D eigenvalue weighted by molar-refractivity contribution is 5.58. The fourth-order valence-corrected chi connectivity index (χ4v) is 3.40. The Labute approximate surface area is 115 Å². The average molecular weight is 260 g/mol. The number of benzene rings is 1. The molecular formula is C16H24N2O. The maximum Gasteiger partial charge on any atom is 0.0642 e. The van der Waals surface area contributed by atoms with Crippen molar-refractivity contribution >= 4 is 5.69 Å². The first-order valence-corrected chi connectivity index (χ1v) is 7.42. The Morgan fingerprint density at radius 3 is 2.53 bits per heavy atom. The van der Waals surface area contributed by atoms with Crippen molar-refractivity contribution in [2.75, 3.05) is 31.2 Å². The molecule has 0 aromatic heterocycles. The van der Waals surface area contributed by atoms with E-state index in [0.717, 1.165) is 39.1 Å². The minimum atomic E-state index is -0.110. The molecule has 2 N–H and O–H groups in total. The van der Waals surface area contributed by atoms with E-state index in [0.29, 0.717) is 0 Å². The van der Waals surface area contributed by atoms with Crippen LogP contribution >= 0.6 is 0 Å².